The quantitative estimate of drug-likeness (QED) is 0.420. The minimum absolute atomic E-state index is 0.000999. The van der Waals surface area contributed by atoms with Crippen LogP contribution >= 0.6 is 11.6 Å². The standard InChI is InChI=1S/C31H34ClNO5/c1-18-28(31(35)38-21-9-5-4-6-10-21)29(22-11-7-8-12-23(22)32)30-24(33-18)15-20(16-25(30)34)19-13-14-26(36-2)27(17-19)37-3/h7-8,11-14,17,20-21,29,33H,4-6,9-10,15-16H2,1-3H3/t20-,29-/m0/s1. The number of hydrogen-bond donors (Lipinski definition) is 1. The Labute approximate surface area is 229 Å². The highest BCUT2D eigenvalue weighted by Gasteiger charge is 2.42. The first-order valence-electron chi connectivity index (χ1n) is 13.3. The maximum absolute atomic E-state index is 13.9. The Bertz CT molecular complexity index is 1310. The number of hydrogen-bond acceptors (Lipinski definition) is 6. The molecule has 1 fully saturated rings. The van der Waals surface area contributed by atoms with Gasteiger partial charge in [-0.1, -0.05) is 42.3 Å². The van der Waals surface area contributed by atoms with Crippen LogP contribution < -0.4 is 14.8 Å². The zero-order valence-corrected chi connectivity index (χ0v) is 22.9. The zero-order chi connectivity index (χ0) is 26.8. The second kappa shape index (κ2) is 11.2. The van der Waals surface area contributed by atoms with Gasteiger partial charge < -0.3 is 19.5 Å². The molecule has 38 heavy (non-hydrogen) atoms. The molecular formula is C31H34ClNO5. The normalized spacial score (nSPS) is 22.1. The van der Waals surface area contributed by atoms with Crippen molar-refractivity contribution in [1.82, 2.24) is 5.32 Å². The van der Waals surface area contributed by atoms with Gasteiger partial charge in [0.1, 0.15) is 6.10 Å². The second-order valence-electron chi connectivity index (χ2n) is 10.3. The summed E-state index contributed by atoms with van der Waals surface area (Å²) in [6.07, 6.45) is 5.91. The predicted octanol–water partition coefficient (Wildman–Crippen LogP) is 6.59. The fourth-order valence-electron chi connectivity index (χ4n) is 6.07. The molecule has 6 nitrogen and oxygen atoms in total. The van der Waals surface area contributed by atoms with Crippen LogP contribution in [-0.4, -0.2) is 32.1 Å². The molecule has 1 saturated carbocycles. The predicted molar refractivity (Wildman–Crippen MR) is 147 cm³/mol. The summed E-state index contributed by atoms with van der Waals surface area (Å²) in [5, 5.41) is 3.95. The summed E-state index contributed by atoms with van der Waals surface area (Å²) in [4.78, 5) is 27.5. The maximum Gasteiger partial charge on any atom is 0.337 e. The van der Waals surface area contributed by atoms with Gasteiger partial charge in [0.15, 0.2) is 17.3 Å². The maximum atomic E-state index is 13.9. The second-order valence-corrected chi connectivity index (χ2v) is 10.7. The SMILES string of the molecule is COc1ccc([C@@H]2CC(=O)C3=C(C2)NC(C)=C(C(=O)OC2CCCCC2)[C@@H]3c2ccccc2Cl)cc1OC. The first-order valence-corrected chi connectivity index (χ1v) is 13.7. The molecule has 0 aromatic heterocycles. The van der Waals surface area contributed by atoms with Gasteiger partial charge in [0, 0.05) is 34.3 Å². The van der Waals surface area contributed by atoms with Gasteiger partial charge in [0.2, 0.25) is 0 Å². The molecule has 0 spiro atoms. The zero-order valence-electron chi connectivity index (χ0n) is 22.1. The molecule has 5 rings (SSSR count). The summed E-state index contributed by atoms with van der Waals surface area (Å²) in [6, 6.07) is 13.2. The molecule has 3 aliphatic rings. The van der Waals surface area contributed by atoms with Crippen LogP contribution in [-0.2, 0) is 14.3 Å². The van der Waals surface area contributed by atoms with E-state index in [1.165, 1.54) is 6.42 Å². The van der Waals surface area contributed by atoms with Crippen LogP contribution in [0.4, 0.5) is 0 Å². The number of halogens is 1. The lowest BCUT2D eigenvalue weighted by atomic mass is 9.71. The molecule has 0 amide bonds. The largest absolute Gasteiger partial charge is 0.493 e. The Morgan fingerprint density at radius 3 is 2.42 bits per heavy atom. The van der Waals surface area contributed by atoms with E-state index >= 15 is 0 Å². The molecule has 7 heteroatoms. The molecule has 1 N–H and O–H groups in total. The van der Waals surface area contributed by atoms with Crippen LogP contribution in [0.3, 0.4) is 0 Å². The van der Waals surface area contributed by atoms with Gasteiger partial charge in [0.25, 0.3) is 0 Å². The number of rotatable bonds is 6. The van der Waals surface area contributed by atoms with Gasteiger partial charge in [-0.25, -0.2) is 4.79 Å². The average Bonchev–Trinajstić information content (AvgIpc) is 2.92. The summed E-state index contributed by atoms with van der Waals surface area (Å²) in [7, 11) is 3.21. The number of carbonyl (C=O) groups excluding carboxylic acids is 2. The summed E-state index contributed by atoms with van der Waals surface area (Å²) < 4.78 is 16.9. The van der Waals surface area contributed by atoms with Crippen molar-refractivity contribution in [3.05, 3.63) is 81.2 Å². The van der Waals surface area contributed by atoms with Crippen LogP contribution in [0.5, 0.6) is 11.5 Å². The van der Waals surface area contributed by atoms with Crippen LogP contribution in [0.15, 0.2) is 65.0 Å². The van der Waals surface area contributed by atoms with E-state index in [1.54, 1.807) is 20.3 Å². The van der Waals surface area contributed by atoms with Crippen molar-refractivity contribution >= 4 is 23.4 Å². The number of Topliss-reactive ketones (excluding diaryl/α,β-unsaturated/α-hetero) is 1. The van der Waals surface area contributed by atoms with Crippen LogP contribution in [0.1, 0.15) is 74.8 Å². The number of ketones is 1. The molecule has 200 valence electrons. The molecule has 2 aromatic rings. The fraction of sp³-hybridized carbons (Fsp3) is 0.419. The highest BCUT2D eigenvalue weighted by molar-refractivity contribution is 6.31. The Hall–Kier alpha value is -3.25. The molecule has 0 bridgehead atoms. The topological polar surface area (TPSA) is 73.9 Å². The molecule has 0 saturated heterocycles. The van der Waals surface area contributed by atoms with E-state index in [4.69, 9.17) is 25.8 Å². The number of ether oxygens (including phenoxy) is 3. The van der Waals surface area contributed by atoms with Crippen LogP contribution in [0.25, 0.3) is 0 Å². The molecule has 0 radical (unpaired) electrons. The highest BCUT2D eigenvalue weighted by atomic mass is 35.5. The number of methoxy groups -OCH3 is 2. The number of nitrogens with one attached hydrogen (secondary N) is 1. The fourth-order valence-corrected chi connectivity index (χ4v) is 6.31. The van der Waals surface area contributed by atoms with Gasteiger partial charge in [-0.2, -0.15) is 0 Å². The van der Waals surface area contributed by atoms with Crippen LogP contribution in [0, 0.1) is 0 Å². The van der Waals surface area contributed by atoms with Gasteiger partial charge in [0.05, 0.1) is 19.8 Å². The summed E-state index contributed by atoms with van der Waals surface area (Å²) >= 11 is 6.68. The first kappa shape index (κ1) is 26.4. The number of esters is 1. The van der Waals surface area contributed by atoms with Gasteiger partial charge >= 0.3 is 5.97 Å². The molecule has 2 atom stereocenters. The third kappa shape index (κ3) is 5.06. The van der Waals surface area contributed by atoms with Crippen molar-refractivity contribution in [3.63, 3.8) is 0 Å². The Balaban J connectivity index is 1.52. The van der Waals surface area contributed by atoms with Crippen molar-refractivity contribution in [2.24, 2.45) is 0 Å². The van der Waals surface area contributed by atoms with E-state index in [2.05, 4.69) is 5.32 Å². The number of benzene rings is 2. The van der Waals surface area contributed by atoms with Crippen molar-refractivity contribution in [2.45, 2.75) is 69.8 Å². The summed E-state index contributed by atoms with van der Waals surface area (Å²) in [5.74, 6) is 0.297. The van der Waals surface area contributed by atoms with E-state index in [0.29, 0.717) is 46.2 Å². The molecule has 2 aromatic carbocycles. The van der Waals surface area contributed by atoms with Gasteiger partial charge in [-0.3, -0.25) is 4.79 Å². The van der Waals surface area contributed by atoms with E-state index in [1.807, 2.05) is 43.3 Å². The van der Waals surface area contributed by atoms with Crippen molar-refractivity contribution in [3.8, 4) is 11.5 Å². The molecule has 1 aliphatic heterocycles. The number of carbonyl (C=O) groups is 2. The lowest BCUT2D eigenvalue weighted by Crippen LogP contribution is -2.37. The third-order valence-electron chi connectivity index (χ3n) is 7.97. The minimum Gasteiger partial charge on any atom is -0.493 e. The lowest BCUT2D eigenvalue weighted by molar-refractivity contribution is -0.146. The van der Waals surface area contributed by atoms with Crippen molar-refractivity contribution in [1.29, 1.82) is 0 Å². The van der Waals surface area contributed by atoms with Crippen LogP contribution in [0.2, 0.25) is 5.02 Å². The van der Waals surface area contributed by atoms with Gasteiger partial charge in [-0.15, -0.1) is 0 Å². The Morgan fingerprint density at radius 1 is 0.974 bits per heavy atom. The average molecular weight is 536 g/mol. The number of allylic oxidation sites excluding steroid dienone is 3. The van der Waals surface area contributed by atoms with Crippen molar-refractivity contribution in [2.75, 3.05) is 14.2 Å². The highest BCUT2D eigenvalue weighted by Crippen LogP contribution is 2.48. The van der Waals surface area contributed by atoms with E-state index < -0.39 is 5.92 Å². The lowest BCUT2D eigenvalue weighted by Gasteiger charge is -2.37. The molecule has 1 heterocycles. The smallest absolute Gasteiger partial charge is 0.337 e. The number of dihydropyridines is 1. The van der Waals surface area contributed by atoms with E-state index in [-0.39, 0.29) is 23.8 Å². The summed E-state index contributed by atoms with van der Waals surface area (Å²) in [5.41, 5.74) is 4.36. The van der Waals surface area contributed by atoms with E-state index in [0.717, 1.165) is 42.5 Å². The first-order chi connectivity index (χ1) is 18.4. The Kier molecular flexibility index (Phi) is 7.80. The Morgan fingerprint density at radius 2 is 1.71 bits per heavy atom. The molecule has 2 aliphatic carbocycles. The third-order valence-corrected chi connectivity index (χ3v) is 8.31. The monoisotopic (exact) mass is 535 g/mol. The van der Waals surface area contributed by atoms with Crippen molar-refractivity contribution < 1.29 is 23.8 Å². The molecule has 0 unspecified atom stereocenters. The van der Waals surface area contributed by atoms with Gasteiger partial charge in [-0.05, 0) is 74.3 Å². The minimum atomic E-state index is -0.574. The molecular weight excluding hydrogens is 502 g/mol. The summed E-state index contributed by atoms with van der Waals surface area (Å²) in [6.45, 7) is 1.88. The van der Waals surface area contributed by atoms with E-state index in [9.17, 15) is 9.59 Å².